The van der Waals surface area contributed by atoms with E-state index in [-0.39, 0.29) is 6.03 Å². The maximum atomic E-state index is 12.6. The van der Waals surface area contributed by atoms with E-state index in [9.17, 15) is 9.59 Å². The SMILES string of the molecule is CCCOC(=O)C1=C(C)NC(=O)NC1c1cccc(OCc2ccc(Cl)cc2)c1. The molecule has 1 aliphatic rings. The number of esters is 1. The normalized spacial score (nSPS) is 16.1. The third-order valence-corrected chi connectivity index (χ3v) is 4.69. The van der Waals surface area contributed by atoms with Crippen molar-refractivity contribution in [1.29, 1.82) is 0 Å². The highest BCUT2D eigenvalue weighted by Gasteiger charge is 2.32. The Morgan fingerprint density at radius 2 is 1.93 bits per heavy atom. The molecule has 2 N–H and O–H groups in total. The van der Waals surface area contributed by atoms with Crippen LogP contribution < -0.4 is 15.4 Å². The van der Waals surface area contributed by atoms with Crippen molar-refractivity contribution < 1.29 is 19.1 Å². The standard InChI is InChI=1S/C22H23ClN2O4/c1-3-11-28-21(26)19-14(2)24-22(27)25-20(19)16-5-4-6-18(12-16)29-13-15-7-9-17(23)10-8-15/h4-10,12,20H,3,11,13H2,1-2H3,(H2,24,25,27). The summed E-state index contributed by atoms with van der Waals surface area (Å²) in [5.74, 6) is 0.179. The third kappa shape index (κ3) is 5.29. The van der Waals surface area contributed by atoms with Crippen LogP contribution in [0.1, 0.15) is 37.4 Å². The van der Waals surface area contributed by atoms with E-state index < -0.39 is 12.0 Å². The van der Waals surface area contributed by atoms with Crippen LogP contribution >= 0.6 is 11.6 Å². The number of hydrogen-bond acceptors (Lipinski definition) is 4. The van der Waals surface area contributed by atoms with Crippen LogP contribution in [0.4, 0.5) is 4.79 Å². The minimum Gasteiger partial charge on any atom is -0.489 e. The van der Waals surface area contributed by atoms with E-state index in [2.05, 4.69) is 10.6 Å². The summed E-state index contributed by atoms with van der Waals surface area (Å²) in [5.41, 5.74) is 2.58. The van der Waals surface area contributed by atoms with Crippen LogP contribution in [-0.2, 0) is 16.1 Å². The van der Waals surface area contributed by atoms with Gasteiger partial charge in [0.1, 0.15) is 12.4 Å². The number of benzene rings is 2. The van der Waals surface area contributed by atoms with Gasteiger partial charge >= 0.3 is 12.0 Å². The molecule has 0 fully saturated rings. The second kappa shape index (κ2) is 9.47. The van der Waals surface area contributed by atoms with Crippen LogP contribution in [0.3, 0.4) is 0 Å². The highest BCUT2D eigenvalue weighted by atomic mass is 35.5. The molecule has 1 heterocycles. The summed E-state index contributed by atoms with van der Waals surface area (Å²) >= 11 is 5.91. The molecular formula is C22H23ClN2O4. The minimum atomic E-state index is -0.618. The molecule has 152 valence electrons. The monoisotopic (exact) mass is 414 g/mol. The molecule has 1 atom stereocenters. The predicted octanol–water partition coefficient (Wildman–Crippen LogP) is 4.50. The van der Waals surface area contributed by atoms with Gasteiger partial charge in [0.05, 0.1) is 18.2 Å². The summed E-state index contributed by atoms with van der Waals surface area (Å²) in [4.78, 5) is 24.6. The zero-order valence-corrected chi connectivity index (χ0v) is 17.1. The number of amides is 2. The van der Waals surface area contributed by atoms with Gasteiger partial charge in [0.25, 0.3) is 0 Å². The summed E-state index contributed by atoms with van der Waals surface area (Å²) in [7, 11) is 0. The van der Waals surface area contributed by atoms with Gasteiger partial charge in [-0.25, -0.2) is 9.59 Å². The highest BCUT2D eigenvalue weighted by molar-refractivity contribution is 6.30. The first-order valence-corrected chi connectivity index (χ1v) is 9.78. The Morgan fingerprint density at radius 3 is 2.66 bits per heavy atom. The Bertz CT molecular complexity index is 925. The third-order valence-electron chi connectivity index (χ3n) is 4.44. The molecule has 1 unspecified atom stereocenters. The van der Waals surface area contributed by atoms with Gasteiger partial charge in [0.15, 0.2) is 0 Å². The van der Waals surface area contributed by atoms with Crippen LogP contribution in [0, 0.1) is 0 Å². The molecule has 0 saturated carbocycles. The van der Waals surface area contributed by atoms with Crippen molar-refractivity contribution in [1.82, 2.24) is 10.6 Å². The number of ether oxygens (including phenoxy) is 2. The average Bonchev–Trinajstić information content (AvgIpc) is 2.71. The Balaban J connectivity index is 1.81. The number of rotatable bonds is 7. The topological polar surface area (TPSA) is 76.7 Å². The zero-order chi connectivity index (χ0) is 20.8. The number of urea groups is 1. The van der Waals surface area contributed by atoms with Gasteiger partial charge in [-0.15, -0.1) is 0 Å². The molecule has 2 amide bonds. The van der Waals surface area contributed by atoms with E-state index in [1.54, 1.807) is 6.92 Å². The smallest absolute Gasteiger partial charge is 0.338 e. The van der Waals surface area contributed by atoms with Gasteiger partial charge in [0.2, 0.25) is 0 Å². The fourth-order valence-electron chi connectivity index (χ4n) is 3.02. The first-order valence-electron chi connectivity index (χ1n) is 9.40. The summed E-state index contributed by atoms with van der Waals surface area (Å²) in [6, 6.07) is 13.7. The molecule has 29 heavy (non-hydrogen) atoms. The number of halogens is 1. The number of carbonyl (C=O) groups is 2. The van der Waals surface area contributed by atoms with Crippen LogP contribution in [0.25, 0.3) is 0 Å². The molecule has 3 rings (SSSR count). The van der Waals surface area contributed by atoms with Crippen molar-refractivity contribution in [3.63, 3.8) is 0 Å². The largest absolute Gasteiger partial charge is 0.489 e. The lowest BCUT2D eigenvalue weighted by atomic mass is 9.95. The molecule has 2 aromatic rings. The Morgan fingerprint density at radius 1 is 1.17 bits per heavy atom. The maximum Gasteiger partial charge on any atom is 0.338 e. The lowest BCUT2D eigenvalue weighted by molar-refractivity contribution is -0.139. The van der Waals surface area contributed by atoms with Crippen LogP contribution in [0.15, 0.2) is 59.8 Å². The molecule has 0 aromatic heterocycles. The van der Waals surface area contributed by atoms with Crippen LogP contribution in [0.5, 0.6) is 5.75 Å². The van der Waals surface area contributed by atoms with Gasteiger partial charge in [0, 0.05) is 10.7 Å². The van der Waals surface area contributed by atoms with Crippen molar-refractivity contribution in [3.8, 4) is 5.75 Å². The Hall–Kier alpha value is -2.99. The van der Waals surface area contributed by atoms with Crippen molar-refractivity contribution in [3.05, 3.63) is 76.0 Å². The molecule has 7 heteroatoms. The Labute approximate surface area is 174 Å². The molecule has 6 nitrogen and oxygen atoms in total. The van der Waals surface area contributed by atoms with E-state index in [1.807, 2.05) is 55.5 Å². The van der Waals surface area contributed by atoms with E-state index in [0.29, 0.717) is 35.3 Å². The van der Waals surface area contributed by atoms with Crippen LogP contribution in [-0.4, -0.2) is 18.6 Å². The fraction of sp³-hybridized carbons (Fsp3) is 0.273. The van der Waals surface area contributed by atoms with E-state index >= 15 is 0 Å². The van der Waals surface area contributed by atoms with Crippen molar-refractivity contribution >= 4 is 23.6 Å². The van der Waals surface area contributed by atoms with E-state index in [4.69, 9.17) is 21.1 Å². The average molecular weight is 415 g/mol. The molecule has 2 aromatic carbocycles. The Kier molecular flexibility index (Phi) is 6.77. The second-order valence-electron chi connectivity index (χ2n) is 6.69. The summed E-state index contributed by atoms with van der Waals surface area (Å²) in [5, 5.41) is 6.11. The van der Waals surface area contributed by atoms with E-state index in [0.717, 1.165) is 17.5 Å². The highest BCUT2D eigenvalue weighted by Crippen LogP contribution is 2.30. The lowest BCUT2D eigenvalue weighted by Gasteiger charge is -2.28. The second-order valence-corrected chi connectivity index (χ2v) is 7.13. The fourth-order valence-corrected chi connectivity index (χ4v) is 3.14. The summed E-state index contributed by atoms with van der Waals surface area (Å²) < 4.78 is 11.2. The molecule has 0 aliphatic carbocycles. The summed E-state index contributed by atoms with van der Waals surface area (Å²) in [6.07, 6.45) is 0.719. The molecular weight excluding hydrogens is 392 g/mol. The van der Waals surface area contributed by atoms with Crippen molar-refractivity contribution in [2.45, 2.75) is 32.9 Å². The van der Waals surface area contributed by atoms with Gasteiger partial charge < -0.3 is 20.1 Å². The number of allylic oxidation sites excluding steroid dienone is 1. The van der Waals surface area contributed by atoms with Gasteiger partial charge in [-0.2, -0.15) is 0 Å². The van der Waals surface area contributed by atoms with Crippen LogP contribution in [0.2, 0.25) is 5.02 Å². The molecule has 0 bridgehead atoms. The molecule has 0 saturated heterocycles. The quantitative estimate of drug-likeness (QED) is 0.654. The van der Waals surface area contributed by atoms with Gasteiger partial charge in [-0.05, 0) is 48.7 Å². The molecule has 0 radical (unpaired) electrons. The lowest BCUT2D eigenvalue weighted by Crippen LogP contribution is -2.45. The maximum absolute atomic E-state index is 12.6. The predicted molar refractivity (Wildman–Crippen MR) is 111 cm³/mol. The minimum absolute atomic E-state index is 0.320. The van der Waals surface area contributed by atoms with Gasteiger partial charge in [-0.3, -0.25) is 0 Å². The first-order chi connectivity index (χ1) is 14.0. The number of hydrogen-bond donors (Lipinski definition) is 2. The van der Waals surface area contributed by atoms with Gasteiger partial charge in [-0.1, -0.05) is 42.8 Å². The first kappa shape index (κ1) is 20.7. The van der Waals surface area contributed by atoms with Crippen molar-refractivity contribution in [2.24, 2.45) is 0 Å². The van der Waals surface area contributed by atoms with Crippen molar-refractivity contribution in [2.75, 3.05) is 6.61 Å². The number of carbonyl (C=O) groups excluding carboxylic acids is 2. The zero-order valence-electron chi connectivity index (χ0n) is 16.3. The number of nitrogens with one attached hydrogen (secondary N) is 2. The molecule has 1 aliphatic heterocycles. The summed E-state index contributed by atoms with van der Waals surface area (Å²) in [6.45, 7) is 4.31. The molecule has 0 spiro atoms. The van der Waals surface area contributed by atoms with E-state index in [1.165, 1.54) is 0 Å².